The molecule has 1 aliphatic carbocycles. The summed E-state index contributed by atoms with van der Waals surface area (Å²) in [5, 5.41) is 17.3. The molecular weight excluding hydrogens is 442 g/mol. The quantitative estimate of drug-likeness (QED) is 0.513. The number of carbonyl (C=O) groups is 2. The van der Waals surface area contributed by atoms with Crippen LogP contribution in [0.1, 0.15) is 96.7 Å². The summed E-state index contributed by atoms with van der Waals surface area (Å²) in [6, 6.07) is 0. The molecule has 2 aliphatic rings. The van der Waals surface area contributed by atoms with Gasteiger partial charge in [0.05, 0.1) is 11.1 Å². The minimum atomic E-state index is -0.862. The lowest BCUT2D eigenvalue weighted by Crippen LogP contribution is -2.45. The van der Waals surface area contributed by atoms with Gasteiger partial charge in [-0.2, -0.15) is 5.10 Å². The van der Waals surface area contributed by atoms with Gasteiger partial charge in [-0.1, -0.05) is 34.6 Å². The average molecular weight is 490 g/mol. The molecule has 0 unspecified atom stereocenters. The number of likely N-dealkylation sites (tertiary alicyclic amines) is 1. The van der Waals surface area contributed by atoms with Gasteiger partial charge in [0.25, 0.3) is 0 Å². The zero-order chi connectivity index (χ0) is 26.0. The summed E-state index contributed by atoms with van der Waals surface area (Å²) in [5.41, 5.74) is 2.08. The number of H-pyrrole nitrogens is 1. The monoisotopic (exact) mass is 489 g/mol. The number of rotatable bonds is 9. The predicted octanol–water partition coefficient (Wildman–Crippen LogP) is 4.93. The van der Waals surface area contributed by atoms with Crippen LogP contribution in [0.5, 0.6) is 0 Å². The van der Waals surface area contributed by atoms with Crippen LogP contribution in [0.25, 0.3) is 0 Å². The third kappa shape index (κ3) is 5.84. The Morgan fingerprint density at radius 1 is 1.23 bits per heavy atom. The molecule has 2 N–H and O–H groups in total. The molecule has 0 radical (unpaired) electrons. The van der Waals surface area contributed by atoms with Crippen molar-refractivity contribution in [1.29, 1.82) is 0 Å². The van der Waals surface area contributed by atoms with Crippen molar-refractivity contribution in [1.82, 2.24) is 24.9 Å². The zero-order valence-corrected chi connectivity index (χ0v) is 23.0. The van der Waals surface area contributed by atoms with Crippen molar-refractivity contribution in [3.05, 3.63) is 17.5 Å². The molecule has 1 saturated heterocycles. The van der Waals surface area contributed by atoms with Gasteiger partial charge in [-0.05, 0) is 57.4 Å². The van der Waals surface area contributed by atoms with E-state index in [4.69, 9.17) is 0 Å². The second-order valence-corrected chi connectivity index (χ2v) is 12.3. The second kappa shape index (κ2) is 10.5. The first-order valence-electron chi connectivity index (χ1n) is 13.3. The number of aromatic nitrogens is 2. The molecule has 8 heteroatoms. The maximum atomic E-state index is 13.1. The van der Waals surface area contributed by atoms with Gasteiger partial charge in [-0.25, -0.2) is 4.79 Å². The maximum Gasteiger partial charge on any atom is 0.407 e. The molecule has 198 valence electrons. The Labute approximate surface area is 211 Å². The molecule has 0 atom stereocenters. The zero-order valence-electron chi connectivity index (χ0n) is 23.0. The first-order chi connectivity index (χ1) is 16.4. The van der Waals surface area contributed by atoms with Crippen molar-refractivity contribution in [3.63, 3.8) is 0 Å². The maximum absolute atomic E-state index is 13.1. The third-order valence-electron chi connectivity index (χ3n) is 8.67. The Hall–Kier alpha value is -2.09. The number of likely N-dealkylation sites (N-methyl/N-ethyl adjacent to an activating group) is 1. The number of hydrogen-bond acceptors (Lipinski definition) is 4. The smallest absolute Gasteiger partial charge is 0.407 e. The molecule has 0 aromatic carbocycles. The van der Waals surface area contributed by atoms with E-state index in [9.17, 15) is 14.7 Å². The van der Waals surface area contributed by atoms with Crippen LogP contribution in [0.2, 0.25) is 0 Å². The Morgan fingerprint density at radius 3 is 2.37 bits per heavy atom. The van der Waals surface area contributed by atoms with Crippen molar-refractivity contribution in [2.24, 2.45) is 10.8 Å². The van der Waals surface area contributed by atoms with Gasteiger partial charge in [-0.3, -0.25) is 9.89 Å². The predicted molar refractivity (Wildman–Crippen MR) is 138 cm³/mol. The number of amides is 2. The number of nitrogens with zero attached hydrogens (tertiary/aromatic N) is 4. The molecule has 1 spiro atoms. The van der Waals surface area contributed by atoms with Crippen LogP contribution >= 0.6 is 0 Å². The van der Waals surface area contributed by atoms with Gasteiger partial charge in [0.1, 0.15) is 0 Å². The number of carboxylic acid groups (broad SMARTS) is 1. The topological polar surface area (TPSA) is 92.8 Å². The summed E-state index contributed by atoms with van der Waals surface area (Å²) in [7, 11) is 4.06. The van der Waals surface area contributed by atoms with E-state index in [1.807, 2.05) is 20.3 Å². The molecule has 1 aromatic heterocycles. The fourth-order valence-electron chi connectivity index (χ4n) is 6.42. The second-order valence-electron chi connectivity index (χ2n) is 12.3. The Morgan fingerprint density at radius 2 is 1.86 bits per heavy atom. The normalized spacial score (nSPS) is 24.5. The lowest BCUT2D eigenvalue weighted by Gasteiger charge is -2.42. The molecule has 3 rings (SSSR count). The van der Waals surface area contributed by atoms with Gasteiger partial charge < -0.3 is 19.8 Å². The summed E-state index contributed by atoms with van der Waals surface area (Å²) < 4.78 is 0. The van der Waals surface area contributed by atoms with Crippen LogP contribution in [0.3, 0.4) is 0 Å². The largest absolute Gasteiger partial charge is 0.465 e. The first-order valence-corrected chi connectivity index (χ1v) is 13.3. The van der Waals surface area contributed by atoms with E-state index in [1.165, 1.54) is 10.5 Å². The van der Waals surface area contributed by atoms with E-state index in [1.54, 1.807) is 0 Å². The van der Waals surface area contributed by atoms with Gasteiger partial charge >= 0.3 is 6.09 Å². The number of carbonyl (C=O) groups excluding carboxylic acids is 1. The average Bonchev–Trinajstić information content (AvgIpc) is 3.33. The molecular formula is C27H47N5O3. The highest BCUT2D eigenvalue weighted by Crippen LogP contribution is 2.54. The van der Waals surface area contributed by atoms with Crippen LogP contribution in [0, 0.1) is 10.8 Å². The number of hydrogen-bond donors (Lipinski definition) is 2. The fourth-order valence-corrected chi connectivity index (χ4v) is 6.42. The van der Waals surface area contributed by atoms with Crippen molar-refractivity contribution in [2.75, 3.05) is 33.7 Å². The number of nitrogens with one attached hydrogen (secondary N) is 1. The minimum absolute atomic E-state index is 0.000209. The highest BCUT2D eigenvalue weighted by Gasteiger charge is 2.56. The standard InChI is InChI=1S/C27H47N5O3/c1-8-26(9-2)18-27(31(7)23(26)33)12-10-20(11-13-27)22-21(16-28-29-22)17-30(6)14-15-32(24(34)35)19-25(3,4)5/h16,20H,8-15,17-19H2,1-7H3,(H,28,29)(H,34,35). The van der Waals surface area contributed by atoms with Gasteiger partial charge in [-0.15, -0.1) is 0 Å². The van der Waals surface area contributed by atoms with E-state index in [2.05, 4.69) is 54.6 Å². The van der Waals surface area contributed by atoms with E-state index < -0.39 is 6.09 Å². The Bertz CT molecular complexity index is 878. The molecule has 0 bridgehead atoms. The van der Waals surface area contributed by atoms with Gasteiger partial charge in [0, 0.05) is 56.4 Å². The Kier molecular flexibility index (Phi) is 8.24. The molecule has 2 fully saturated rings. The van der Waals surface area contributed by atoms with Crippen LogP contribution in [0.15, 0.2) is 6.20 Å². The van der Waals surface area contributed by atoms with Gasteiger partial charge in [0.2, 0.25) is 5.91 Å². The van der Waals surface area contributed by atoms with E-state index in [0.29, 0.717) is 31.5 Å². The van der Waals surface area contributed by atoms with Gasteiger partial charge in [0.15, 0.2) is 0 Å². The highest BCUT2D eigenvalue weighted by molar-refractivity contribution is 5.86. The van der Waals surface area contributed by atoms with Crippen LogP contribution < -0.4 is 0 Å². The van der Waals surface area contributed by atoms with E-state index in [0.717, 1.165) is 57.2 Å². The third-order valence-corrected chi connectivity index (χ3v) is 8.67. The fraction of sp³-hybridized carbons (Fsp3) is 0.815. The molecule has 2 amide bonds. The SMILES string of the molecule is CCC1(CC)CC2(CCC(c3n[nH]cc3CN(C)CCN(CC(C)(C)C)C(=O)O)CC2)N(C)C1=O. The van der Waals surface area contributed by atoms with Crippen LogP contribution in [-0.2, 0) is 11.3 Å². The highest BCUT2D eigenvalue weighted by atomic mass is 16.4. The molecule has 1 saturated carbocycles. The molecule has 2 heterocycles. The summed E-state index contributed by atoms with van der Waals surface area (Å²) in [4.78, 5) is 30.6. The van der Waals surface area contributed by atoms with Crippen molar-refractivity contribution in [3.8, 4) is 0 Å². The van der Waals surface area contributed by atoms with Crippen molar-refractivity contribution < 1.29 is 14.7 Å². The minimum Gasteiger partial charge on any atom is -0.465 e. The summed E-state index contributed by atoms with van der Waals surface area (Å²) >= 11 is 0. The van der Waals surface area contributed by atoms with Crippen LogP contribution in [0.4, 0.5) is 4.79 Å². The molecule has 1 aromatic rings. The lowest BCUT2D eigenvalue weighted by atomic mass is 9.68. The summed E-state index contributed by atoms with van der Waals surface area (Å²) in [5.74, 6) is 0.735. The number of aromatic amines is 1. The molecule has 8 nitrogen and oxygen atoms in total. The summed E-state index contributed by atoms with van der Waals surface area (Å²) in [6.45, 7) is 12.9. The summed E-state index contributed by atoms with van der Waals surface area (Å²) in [6.07, 6.45) is 8.10. The Balaban J connectivity index is 1.60. The molecule has 1 aliphatic heterocycles. The lowest BCUT2D eigenvalue weighted by molar-refractivity contribution is -0.137. The van der Waals surface area contributed by atoms with E-state index >= 15 is 0 Å². The first kappa shape index (κ1) is 27.5. The van der Waals surface area contributed by atoms with Crippen molar-refractivity contribution >= 4 is 12.0 Å². The molecule has 35 heavy (non-hydrogen) atoms. The van der Waals surface area contributed by atoms with Crippen LogP contribution in [-0.4, -0.2) is 81.3 Å². The van der Waals surface area contributed by atoms with E-state index in [-0.39, 0.29) is 16.4 Å². The van der Waals surface area contributed by atoms with Crippen molar-refractivity contribution in [2.45, 2.75) is 97.6 Å².